The Balaban J connectivity index is 1.66. The van der Waals surface area contributed by atoms with Gasteiger partial charge in [0, 0.05) is 25.2 Å². The van der Waals surface area contributed by atoms with Crippen molar-refractivity contribution < 1.29 is 0 Å². The van der Waals surface area contributed by atoms with Gasteiger partial charge in [-0.1, -0.05) is 51.1 Å². The Morgan fingerprint density at radius 2 is 1.86 bits per heavy atom. The van der Waals surface area contributed by atoms with Crippen molar-refractivity contribution in [3.8, 4) is 0 Å². The van der Waals surface area contributed by atoms with E-state index in [0.717, 1.165) is 18.5 Å². The maximum Gasteiger partial charge on any atom is 0.0449 e. The van der Waals surface area contributed by atoms with Gasteiger partial charge in [0.25, 0.3) is 0 Å². The van der Waals surface area contributed by atoms with Gasteiger partial charge >= 0.3 is 0 Å². The lowest BCUT2D eigenvalue weighted by molar-refractivity contribution is 0.101. The minimum absolute atomic E-state index is 0.432. The Morgan fingerprint density at radius 3 is 2.48 bits per heavy atom. The Morgan fingerprint density at radius 1 is 1.14 bits per heavy atom. The maximum absolute atomic E-state index is 3.79. The molecule has 3 rings (SSSR count). The Labute approximate surface area is 129 Å². The van der Waals surface area contributed by atoms with Gasteiger partial charge in [0.15, 0.2) is 0 Å². The summed E-state index contributed by atoms with van der Waals surface area (Å²) < 4.78 is 0. The molecule has 1 aliphatic carbocycles. The van der Waals surface area contributed by atoms with Crippen molar-refractivity contribution in [2.24, 2.45) is 11.3 Å². The number of nitrogens with zero attached hydrogens (tertiary/aromatic N) is 1. The summed E-state index contributed by atoms with van der Waals surface area (Å²) in [6.07, 6.45) is 4.17. The van der Waals surface area contributed by atoms with Crippen LogP contribution in [0.3, 0.4) is 0 Å². The first-order valence-electron chi connectivity index (χ1n) is 8.55. The number of rotatable bonds is 4. The van der Waals surface area contributed by atoms with Gasteiger partial charge in [-0.3, -0.25) is 4.90 Å². The van der Waals surface area contributed by atoms with Crippen LogP contribution in [0.25, 0.3) is 0 Å². The number of piperazine rings is 1. The lowest BCUT2D eigenvalue weighted by Crippen LogP contribution is -2.54. The van der Waals surface area contributed by atoms with Crippen LogP contribution in [0, 0.1) is 11.3 Å². The smallest absolute Gasteiger partial charge is 0.0449 e. The van der Waals surface area contributed by atoms with E-state index < -0.39 is 0 Å². The monoisotopic (exact) mass is 286 g/mol. The van der Waals surface area contributed by atoms with Gasteiger partial charge in [0.1, 0.15) is 0 Å². The van der Waals surface area contributed by atoms with E-state index >= 15 is 0 Å². The van der Waals surface area contributed by atoms with Gasteiger partial charge in [-0.25, -0.2) is 0 Å². The normalized spacial score (nSPS) is 27.8. The van der Waals surface area contributed by atoms with Crippen molar-refractivity contribution in [3.63, 3.8) is 0 Å². The zero-order valence-corrected chi connectivity index (χ0v) is 13.8. The molecule has 2 aliphatic rings. The third kappa shape index (κ3) is 4.08. The third-order valence-corrected chi connectivity index (χ3v) is 4.98. The second-order valence-electron chi connectivity index (χ2n) is 8.08. The lowest BCUT2D eigenvalue weighted by atomic mass is 9.91. The molecule has 1 N–H and O–H groups in total. The topological polar surface area (TPSA) is 15.3 Å². The molecular formula is C19H30N2. The molecule has 0 bridgehead atoms. The molecule has 1 aromatic rings. The van der Waals surface area contributed by atoms with Crippen LogP contribution in [0.15, 0.2) is 30.3 Å². The van der Waals surface area contributed by atoms with E-state index in [4.69, 9.17) is 0 Å². The largest absolute Gasteiger partial charge is 0.307 e. The summed E-state index contributed by atoms with van der Waals surface area (Å²) in [5, 5.41) is 3.79. The molecule has 21 heavy (non-hydrogen) atoms. The molecule has 0 aromatic heterocycles. The second-order valence-corrected chi connectivity index (χ2v) is 8.08. The van der Waals surface area contributed by atoms with Gasteiger partial charge in [0.05, 0.1) is 0 Å². The highest BCUT2D eigenvalue weighted by Crippen LogP contribution is 2.38. The second kappa shape index (κ2) is 6.10. The molecule has 0 spiro atoms. The van der Waals surface area contributed by atoms with E-state index in [2.05, 4.69) is 61.3 Å². The van der Waals surface area contributed by atoms with Crippen molar-refractivity contribution in [3.05, 3.63) is 35.9 Å². The predicted molar refractivity (Wildman–Crippen MR) is 89.3 cm³/mol. The zero-order chi connectivity index (χ0) is 14.9. The first-order valence-corrected chi connectivity index (χ1v) is 8.55. The highest BCUT2D eigenvalue weighted by Gasteiger charge is 2.39. The van der Waals surface area contributed by atoms with Crippen molar-refractivity contribution in [1.29, 1.82) is 0 Å². The summed E-state index contributed by atoms with van der Waals surface area (Å²) in [6, 6.07) is 12.2. The van der Waals surface area contributed by atoms with Gasteiger partial charge < -0.3 is 5.32 Å². The highest BCUT2D eigenvalue weighted by atomic mass is 15.2. The molecule has 2 atom stereocenters. The molecule has 0 amide bonds. The van der Waals surface area contributed by atoms with E-state index in [0.29, 0.717) is 11.5 Å². The van der Waals surface area contributed by atoms with Crippen LogP contribution < -0.4 is 5.32 Å². The average molecular weight is 286 g/mol. The zero-order valence-electron chi connectivity index (χ0n) is 13.8. The molecule has 1 saturated carbocycles. The van der Waals surface area contributed by atoms with Gasteiger partial charge in [0.2, 0.25) is 0 Å². The van der Waals surface area contributed by atoms with Crippen LogP contribution in [0.5, 0.6) is 0 Å². The number of benzene rings is 1. The standard InChI is InChI=1S/C19H30N2/c1-19(2,3)11-12-21-14-17(15-7-5-4-6-8-15)20-13-18(21)16-9-10-16/h4-8,16-18,20H,9-14H2,1-3H3. The summed E-state index contributed by atoms with van der Waals surface area (Å²) in [7, 11) is 0. The molecular weight excluding hydrogens is 256 g/mol. The van der Waals surface area contributed by atoms with E-state index in [1.807, 2.05) is 0 Å². The fourth-order valence-corrected chi connectivity index (χ4v) is 3.42. The van der Waals surface area contributed by atoms with Crippen LogP contribution in [-0.2, 0) is 0 Å². The van der Waals surface area contributed by atoms with Crippen LogP contribution in [0.1, 0.15) is 51.6 Å². The van der Waals surface area contributed by atoms with E-state index in [-0.39, 0.29) is 0 Å². The maximum atomic E-state index is 3.79. The minimum atomic E-state index is 0.432. The molecule has 2 fully saturated rings. The summed E-state index contributed by atoms with van der Waals surface area (Å²) in [6.45, 7) is 10.6. The number of hydrogen-bond acceptors (Lipinski definition) is 2. The van der Waals surface area contributed by atoms with Gasteiger partial charge in [-0.05, 0) is 42.7 Å². The molecule has 1 aromatic carbocycles. The fraction of sp³-hybridized carbons (Fsp3) is 0.684. The summed E-state index contributed by atoms with van der Waals surface area (Å²) in [5.41, 5.74) is 1.87. The molecule has 0 radical (unpaired) electrons. The van der Waals surface area contributed by atoms with Crippen molar-refractivity contribution in [1.82, 2.24) is 10.2 Å². The van der Waals surface area contributed by atoms with Crippen LogP contribution >= 0.6 is 0 Å². The Bertz CT molecular complexity index is 444. The Kier molecular flexibility index (Phi) is 4.37. The SMILES string of the molecule is CC(C)(C)CCN1CC(c2ccccc2)NCC1C1CC1. The Hall–Kier alpha value is -0.860. The molecule has 2 heteroatoms. The summed E-state index contributed by atoms with van der Waals surface area (Å²) in [5.74, 6) is 0.953. The fourth-order valence-electron chi connectivity index (χ4n) is 3.42. The molecule has 1 heterocycles. The minimum Gasteiger partial charge on any atom is -0.307 e. The highest BCUT2D eigenvalue weighted by molar-refractivity contribution is 5.20. The van der Waals surface area contributed by atoms with Crippen molar-refractivity contribution in [2.75, 3.05) is 19.6 Å². The third-order valence-electron chi connectivity index (χ3n) is 4.98. The van der Waals surface area contributed by atoms with Crippen molar-refractivity contribution >= 4 is 0 Å². The lowest BCUT2D eigenvalue weighted by Gasteiger charge is -2.42. The van der Waals surface area contributed by atoms with E-state index in [1.165, 1.54) is 37.9 Å². The first kappa shape index (κ1) is 15.1. The van der Waals surface area contributed by atoms with Crippen LogP contribution in [-0.4, -0.2) is 30.6 Å². The summed E-state index contributed by atoms with van der Waals surface area (Å²) >= 11 is 0. The quantitative estimate of drug-likeness (QED) is 0.904. The van der Waals surface area contributed by atoms with Crippen LogP contribution in [0.4, 0.5) is 0 Å². The molecule has 1 saturated heterocycles. The van der Waals surface area contributed by atoms with E-state index in [1.54, 1.807) is 0 Å². The first-order chi connectivity index (χ1) is 10.0. The molecule has 2 unspecified atom stereocenters. The number of hydrogen-bond donors (Lipinski definition) is 1. The molecule has 116 valence electrons. The predicted octanol–water partition coefficient (Wildman–Crippen LogP) is 3.85. The number of nitrogens with one attached hydrogen (secondary N) is 1. The van der Waals surface area contributed by atoms with E-state index in [9.17, 15) is 0 Å². The van der Waals surface area contributed by atoms with Crippen molar-refractivity contribution in [2.45, 2.75) is 52.1 Å². The molecule has 1 aliphatic heterocycles. The average Bonchev–Trinajstić information content (AvgIpc) is 3.29. The van der Waals surface area contributed by atoms with Gasteiger partial charge in [-0.2, -0.15) is 0 Å². The van der Waals surface area contributed by atoms with Crippen LogP contribution in [0.2, 0.25) is 0 Å². The molecule has 2 nitrogen and oxygen atoms in total. The summed E-state index contributed by atoms with van der Waals surface area (Å²) in [4.78, 5) is 2.77. The van der Waals surface area contributed by atoms with Gasteiger partial charge in [-0.15, -0.1) is 0 Å².